The third-order valence-corrected chi connectivity index (χ3v) is 5.29. The Morgan fingerprint density at radius 2 is 1.76 bits per heavy atom. The Kier molecular flexibility index (Phi) is 8.96. The summed E-state index contributed by atoms with van der Waals surface area (Å²) in [7, 11) is 0. The average Bonchev–Trinajstić information content (AvgIpc) is 2.71. The largest absolute Gasteiger partial charge is 0.484 e. The maximum Gasteiger partial charge on any atom is 0.258 e. The molecule has 2 aromatic rings. The number of morpholine rings is 1. The minimum Gasteiger partial charge on any atom is -0.484 e. The van der Waals surface area contributed by atoms with Crippen molar-refractivity contribution in [2.75, 3.05) is 39.5 Å². The first-order chi connectivity index (χ1) is 13.5. The number of rotatable bonds is 7. The molecule has 1 fully saturated rings. The van der Waals surface area contributed by atoms with Crippen molar-refractivity contribution < 1.29 is 14.3 Å². The van der Waals surface area contributed by atoms with Gasteiger partial charge in [0.25, 0.3) is 5.91 Å². The summed E-state index contributed by atoms with van der Waals surface area (Å²) < 4.78 is 11.1. The summed E-state index contributed by atoms with van der Waals surface area (Å²) in [5, 5.41) is 3.04. The molecule has 1 aliphatic rings. The molecular formula is C23H31ClN2O3. The van der Waals surface area contributed by atoms with Gasteiger partial charge in [0.2, 0.25) is 0 Å². The van der Waals surface area contributed by atoms with Crippen LogP contribution in [0, 0.1) is 20.8 Å². The molecule has 158 valence electrons. The number of nitrogens with zero attached hydrogens (tertiary/aromatic N) is 1. The summed E-state index contributed by atoms with van der Waals surface area (Å²) in [6.07, 6.45) is 0. The van der Waals surface area contributed by atoms with Crippen molar-refractivity contribution in [3.63, 3.8) is 0 Å². The second-order valence-corrected chi connectivity index (χ2v) is 7.41. The number of ether oxygens (including phenoxy) is 2. The van der Waals surface area contributed by atoms with Gasteiger partial charge in [0, 0.05) is 19.6 Å². The molecule has 0 radical (unpaired) electrons. The zero-order valence-corrected chi connectivity index (χ0v) is 18.3. The number of nitrogens with one attached hydrogen (secondary N) is 1. The molecule has 1 saturated heterocycles. The molecule has 1 N–H and O–H groups in total. The Morgan fingerprint density at radius 1 is 1.07 bits per heavy atom. The Morgan fingerprint density at radius 3 is 2.41 bits per heavy atom. The van der Waals surface area contributed by atoms with Crippen molar-refractivity contribution in [1.29, 1.82) is 0 Å². The van der Waals surface area contributed by atoms with Crippen LogP contribution in [0.5, 0.6) is 5.75 Å². The molecule has 2 aromatic carbocycles. The van der Waals surface area contributed by atoms with Crippen LogP contribution < -0.4 is 10.1 Å². The van der Waals surface area contributed by atoms with Gasteiger partial charge in [-0.1, -0.05) is 35.9 Å². The molecule has 29 heavy (non-hydrogen) atoms. The van der Waals surface area contributed by atoms with Crippen LogP contribution >= 0.6 is 12.4 Å². The summed E-state index contributed by atoms with van der Waals surface area (Å²) in [5.41, 5.74) is 4.81. The molecule has 3 rings (SSSR count). The zero-order valence-electron chi connectivity index (χ0n) is 17.4. The van der Waals surface area contributed by atoms with Gasteiger partial charge in [-0.05, 0) is 49.6 Å². The van der Waals surface area contributed by atoms with Gasteiger partial charge >= 0.3 is 0 Å². The zero-order chi connectivity index (χ0) is 19.9. The standard InChI is InChI=1S/C23H30N2O3.ClH/c1-17-4-7-20(8-5-17)22(25-10-12-27-13-11-25)15-24-23(26)16-28-21-9-6-18(2)19(3)14-21;/h4-9,14,22H,10-13,15-16H2,1-3H3,(H,24,26);1H. The highest BCUT2D eigenvalue weighted by molar-refractivity contribution is 5.85. The molecule has 1 amide bonds. The van der Waals surface area contributed by atoms with E-state index in [4.69, 9.17) is 9.47 Å². The molecular weight excluding hydrogens is 388 g/mol. The maximum atomic E-state index is 12.4. The van der Waals surface area contributed by atoms with E-state index >= 15 is 0 Å². The predicted octanol–water partition coefficient (Wildman–Crippen LogP) is 3.60. The van der Waals surface area contributed by atoms with Gasteiger partial charge in [-0.2, -0.15) is 0 Å². The highest BCUT2D eigenvalue weighted by atomic mass is 35.5. The lowest BCUT2D eigenvalue weighted by Crippen LogP contribution is -2.44. The summed E-state index contributed by atoms with van der Waals surface area (Å²) in [5.74, 6) is 0.616. The van der Waals surface area contributed by atoms with Crippen LogP contribution in [-0.4, -0.2) is 50.3 Å². The topological polar surface area (TPSA) is 50.8 Å². The quantitative estimate of drug-likeness (QED) is 0.746. The maximum absolute atomic E-state index is 12.4. The van der Waals surface area contributed by atoms with E-state index in [0.29, 0.717) is 6.54 Å². The summed E-state index contributed by atoms with van der Waals surface area (Å²) in [4.78, 5) is 14.7. The van der Waals surface area contributed by atoms with Crippen molar-refractivity contribution in [2.45, 2.75) is 26.8 Å². The Labute approximate surface area is 179 Å². The number of hydrogen-bond acceptors (Lipinski definition) is 4. The highest BCUT2D eigenvalue weighted by Crippen LogP contribution is 2.22. The lowest BCUT2D eigenvalue weighted by atomic mass is 10.0. The van der Waals surface area contributed by atoms with Gasteiger partial charge in [0.15, 0.2) is 6.61 Å². The second-order valence-electron chi connectivity index (χ2n) is 7.41. The fourth-order valence-electron chi connectivity index (χ4n) is 3.35. The summed E-state index contributed by atoms with van der Waals surface area (Å²) in [6.45, 7) is 9.95. The molecule has 1 heterocycles. The summed E-state index contributed by atoms with van der Waals surface area (Å²) >= 11 is 0. The first-order valence-electron chi connectivity index (χ1n) is 9.88. The number of amides is 1. The Bertz CT molecular complexity index is 789. The van der Waals surface area contributed by atoms with Crippen molar-refractivity contribution >= 4 is 18.3 Å². The third kappa shape index (κ3) is 6.74. The second kappa shape index (κ2) is 11.2. The minimum atomic E-state index is -0.108. The van der Waals surface area contributed by atoms with E-state index in [1.165, 1.54) is 16.7 Å². The molecule has 1 aliphatic heterocycles. The van der Waals surface area contributed by atoms with E-state index < -0.39 is 0 Å². The monoisotopic (exact) mass is 418 g/mol. The lowest BCUT2D eigenvalue weighted by molar-refractivity contribution is -0.123. The van der Waals surface area contributed by atoms with Crippen LogP contribution in [0.3, 0.4) is 0 Å². The van der Waals surface area contributed by atoms with Crippen LogP contribution in [0.1, 0.15) is 28.3 Å². The molecule has 1 atom stereocenters. The average molecular weight is 419 g/mol. The van der Waals surface area contributed by atoms with Gasteiger partial charge in [-0.3, -0.25) is 9.69 Å². The first kappa shape index (κ1) is 23.2. The molecule has 0 aliphatic carbocycles. The van der Waals surface area contributed by atoms with Crippen LogP contribution in [0.15, 0.2) is 42.5 Å². The van der Waals surface area contributed by atoms with Gasteiger partial charge in [-0.15, -0.1) is 12.4 Å². The van der Waals surface area contributed by atoms with E-state index in [9.17, 15) is 4.79 Å². The Hall–Kier alpha value is -2.08. The van der Waals surface area contributed by atoms with E-state index in [0.717, 1.165) is 37.6 Å². The van der Waals surface area contributed by atoms with Crippen molar-refractivity contribution in [2.24, 2.45) is 0 Å². The van der Waals surface area contributed by atoms with Crippen molar-refractivity contribution in [3.8, 4) is 5.75 Å². The van der Waals surface area contributed by atoms with Gasteiger partial charge in [0.05, 0.1) is 19.3 Å². The smallest absolute Gasteiger partial charge is 0.258 e. The molecule has 1 unspecified atom stereocenters. The molecule has 5 nitrogen and oxygen atoms in total. The van der Waals surface area contributed by atoms with Gasteiger partial charge in [-0.25, -0.2) is 0 Å². The van der Waals surface area contributed by atoms with Crippen molar-refractivity contribution in [1.82, 2.24) is 10.2 Å². The summed E-state index contributed by atoms with van der Waals surface area (Å²) in [6, 6.07) is 14.5. The number of benzene rings is 2. The number of carbonyl (C=O) groups is 1. The molecule has 0 bridgehead atoms. The molecule has 0 spiro atoms. The van der Waals surface area contributed by atoms with E-state index in [1.54, 1.807) is 0 Å². The van der Waals surface area contributed by atoms with Crippen LogP contribution in [-0.2, 0) is 9.53 Å². The number of halogens is 1. The first-order valence-corrected chi connectivity index (χ1v) is 9.88. The van der Waals surface area contributed by atoms with Crippen molar-refractivity contribution in [3.05, 3.63) is 64.7 Å². The minimum absolute atomic E-state index is 0. The van der Waals surface area contributed by atoms with E-state index in [1.807, 2.05) is 25.1 Å². The Balaban J connectivity index is 0.00000300. The number of hydrogen-bond donors (Lipinski definition) is 1. The van der Waals surface area contributed by atoms with E-state index in [2.05, 4.69) is 48.3 Å². The van der Waals surface area contributed by atoms with E-state index in [-0.39, 0.29) is 31.0 Å². The fourth-order valence-corrected chi connectivity index (χ4v) is 3.35. The third-order valence-electron chi connectivity index (χ3n) is 5.29. The lowest BCUT2D eigenvalue weighted by Gasteiger charge is -2.35. The number of carbonyl (C=O) groups excluding carboxylic acids is 1. The van der Waals surface area contributed by atoms with Crippen LogP contribution in [0.4, 0.5) is 0 Å². The van der Waals surface area contributed by atoms with Gasteiger partial charge < -0.3 is 14.8 Å². The molecule has 0 aromatic heterocycles. The molecule has 6 heteroatoms. The predicted molar refractivity (Wildman–Crippen MR) is 118 cm³/mol. The normalized spacial score (nSPS) is 15.3. The molecule has 0 saturated carbocycles. The SMILES string of the molecule is Cc1ccc(C(CNC(=O)COc2ccc(C)c(C)c2)N2CCOCC2)cc1.Cl. The van der Waals surface area contributed by atoms with Crippen LogP contribution in [0.25, 0.3) is 0 Å². The number of aryl methyl sites for hydroxylation is 3. The fraction of sp³-hybridized carbons (Fsp3) is 0.435. The highest BCUT2D eigenvalue weighted by Gasteiger charge is 2.23. The van der Waals surface area contributed by atoms with Crippen LogP contribution in [0.2, 0.25) is 0 Å². The van der Waals surface area contributed by atoms with Gasteiger partial charge in [0.1, 0.15) is 5.75 Å².